The van der Waals surface area contributed by atoms with Gasteiger partial charge in [-0.25, -0.2) is 0 Å². The van der Waals surface area contributed by atoms with E-state index in [0.29, 0.717) is 0 Å². The zero-order valence-electron chi connectivity index (χ0n) is 8.63. The van der Waals surface area contributed by atoms with Crippen LogP contribution < -0.4 is 0 Å². The molecule has 13 nitrogen and oxygen atoms in total. The van der Waals surface area contributed by atoms with Gasteiger partial charge in [0, 0.05) is 0 Å². The van der Waals surface area contributed by atoms with E-state index in [4.69, 9.17) is 0 Å². The fraction of sp³-hybridized carbons (Fsp3) is 1.00. The Balaban J connectivity index is 4.84. The van der Waals surface area contributed by atoms with Crippen LogP contribution >= 0.6 is 0 Å². The molecule has 15 heteroatoms. The number of nitro groups is 4. The van der Waals surface area contributed by atoms with Crippen molar-refractivity contribution in [2.45, 2.75) is 11.8 Å². The van der Waals surface area contributed by atoms with Crippen LogP contribution in [0, 0.1) is 40.5 Å². The van der Waals surface area contributed by atoms with Gasteiger partial charge in [0.05, 0.1) is 0 Å². The molecule has 0 radical (unpaired) electrons. The van der Waals surface area contributed by atoms with Crippen LogP contribution in [0.25, 0.3) is 0 Å². The first-order valence-electron chi connectivity index (χ1n) is 4.02. The molecule has 0 N–H and O–H groups in total. The van der Waals surface area contributed by atoms with E-state index < -0.39 is 44.7 Å². The zero-order valence-corrected chi connectivity index (χ0v) is 8.63. The van der Waals surface area contributed by atoms with E-state index in [-0.39, 0.29) is 0 Å². The van der Waals surface area contributed by atoms with Gasteiger partial charge in [0.15, 0.2) is 0 Å². The Labute approximate surface area is 99.9 Å². The number of hydrogen-bond acceptors (Lipinski definition) is 9. The van der Waals surface area contributed by atoms with Gasteiger partial charge in [-0.1, -0.05) is 8.78 Å². The summed E-state index contributed by atoms with van der Waals surface area (Å²) in [6, 6.07) is 0. The minimum atomic E-state index is -4.39. The van der Waals surface area contributed by atoms with Gasteiger partial charge in [0.2, 0.25) is 13.2 Å². The second-order valence-electron chi connectivity index (χ2n) is 2.96. The van der Waals surface area contributed by atoms with Gasteiger partial charge in [0.25, 0.3) is 0 Å². The highest BCUT2D eigenvalue weighted by atomic mass is 19.2. The molecule has 0 bridgehead atoms. The third-order valence-electron chi connectivity index (χ3n) is 1.69. The van der Waals surface area contributed by atoms with Gasteiger partial charge >= 0.3 is 11.8 Å². The van der Waals surface area contributed by atoms with Crippen molar-refractivity contribution in [3.05, 3.63) is 40.5 Å². The van der Waals surface area contributed by atoms with E-state index in [9.17, 15) is 49.2 Å². The summed E-state index contributed by atoms with van der Waals surface area (Å²) in [6.07, 6.45) is 0. The Hall–Kier alpha value is -2.58. The number of halogens is 2. The average molecular weight is 290 g/mol. The van der Waals surface area contributed by atoms with Crippen LogP contribution in [0.5, 0.6) is 0 Å². The lowest BCUT2D eigenvalue weighted by atomic mass is 10.5. The summed E-state index contributed by atoms with van der Waals surface area (Å²) in [5, 5.41) is 40.1. The quantitative estimate of drug-likeness (QED) is 0.242. The van der Waals surface area contributed by atoms with Crippen LogP contribution in [0.2, 0.25) is 0 Å². The maximum atomic E-state index is 13.0. The monoisotopic (exact) mass is 290 g/mol. The van der Waals surface area contributed by atoms with Crippen molar-refractivity contribution in [1.82, 2.24) is 0 Å². The molecule has 0 heterocycles. The Morgan fingerprint density at radius 3 is 1.11 bits per heavy atom. The third-order valence-corrected chi connectivity index (χ3v) is 1.69. The lowest BCUT2D eigenvalue weighted by molar-refractivity contribution is -0.843. The molecule has 0 aromatic rings. The Kier molecular flexibility index (Phi) is 4.65. The second kappa shape index (κ2) is 5.38. The number of ether oxygens (including phenoxy) is 1. The summed E-state index contributed by atoms with van der Waals surface area (Å²) in [6.45, 7) is -4.08. The summed E-state index contributed by atoms with van der Waals surface area (Å²) in [5.41, 5.74) is 0. The van der Waals surface area contributed by atoms with Crippen LogP contribution in [0.15, 0.2) is 0 Å². The minimum absolute atomic E-state index is 2.04. The van der Waals surface area contributed by atoms with Gasteiger partial charge in [0.1, 0.15) is 19.7 Å². The normalized spacial score (nSPS) is 11.9. The number of alkyl halides is 2. The number of hydrogen-bond donors (Lipinski definition) is 0. The third kappa shape index (κ3) is 3.21. The number of rotatable bonds is 8. The molecular weight excluding hydrogens is 286 g/mol. The summed E-state index contributed by atoms with van der Waals surface area (Å²) in [5.74, 6) is -8.79. The first-order valence-corrected chi connectivity index (χ1v) is 4.02. The predicted molar refractivity (Wildman–Crippen MR) is 46.5 cm³/mol. The standard InChI is InChI=1S/C4H4F2N4O9/c5-3(7(11)12,8(13)14)1-19-2-4(6,9(15)16)10(17)18/h1-2H2. The Morgan fingerprint density at radius 2 is 0.947 bits per heavy atom. The van der Waals surface area contributed by atoms with Crippen LogP contribution in [-0.2, 0) is 4.74 Å². The molecule has 0 saturated heterocycles. The largest absolute Gasteiger partial charge is 0.637 e. The van der Waals surface area contributed by atoms with Crippen molar-refractivity contribution >= 4 is 0 Å². The topological polar surface area (TPSA) is 182 Å². The molecule has 0 spiro atoms. The fourth-order valence-corrected chi connectivity index (χ4v) is 0.655. The van der Waals surface area contributed by atoms with Gasteiger partial charge in [-0.3, -0.25) is 40.5 Å². The molecule has 0 atom stereocenters. The van der Waals surface area contributed by atoms with E-state index in [1.165, 1.54) is 0 Å². The van der Waals surface area contributed by atoms with Crippen molar-refractivity contribution in [3.8, 4) is 0 Å². The summed E-state index contributed by atoms with van der Waals surface area (Å²) >= 11 is 0. The van der Waals surface area contributed by atoms with Crippen LogP contribution in [0.3, 0.4) is 0 Å². The van der Waals surface area contributed by atoms with Gasteiger partial charge in [-0.15, -0.1) is 0 Å². The highest BCUT2D eigenvalue weighted by molar-refractivity contribution is 4.54. The molecular formula is C4H4F2N4O9. The molecule has 108 valence electrons. The first-order chi connectivity index (χ1) is 8.48. The van der Waals surface area contributed by atoms with E-state index >= 15 is 0 Å². The fourth-order valence-electron chi connectivity index (χ4n) is 0.655. The summed E-state index contributed by atoms with van der Waals surface area (Å²) in [7, 11) is 0. The number of nitrogens with zero attached hydrogens (tertiary/aromatic N) is 4. The molecule has 0 aliphatic rings. The summed E-state index contributed by atoms with van der Waals surface area (Å²) < 4.78 is 29.8. The molecule has 0 aliphatic heterocycles. The molecule has 19 heavy (non-hydrogen) atoms. The van der Waals surface area contributed by atoms with Gasteiger partial charge < -0.3 is 4.74 Å². The average Bonchev–Trinajstić information content (AvgIpc) is 2.27. The Morgan fingerprint density at radius 1 is 0.737 bits per heavy atom. The molecule has 0 aromatic heterocycles. The predicted octanol–water partition coefficient (Wildman–Crippen LogP) is -0.644. The van der Waals surface area contributed by atoms with Crippen molar-refractivity contribution in [2.24, 2.45) is 0 Å². The molecule has 0 fully saturated rings. The highest BCUT2D eigenvalue weighted by Gasteiger charge is 2.62. The maximum Gasteiger partial charge on any atom is 0.637 e. The van der Waals surface area contributed by atoms with E-state index in [0.717, 1.165) is 0 Å². The summed E-state index contributed by atoms with van der Waals surface area (Å²) in [4.78, 5) is 32.0. The van der Waals surface area contributed by atoms with Crippen LogP contribution in [0.1, 0.15) is 0 Å². The van der Waals surface area contributed by atoms with Crippen molar-refractivity contribution in [2.75, 3.05) is 13.2 Å². The minimum Gasteiger partial charge on any atom is -0.345 e. The Bertz CT molecular complexity index is 360. The van der Waals surface area contributed by atoms with Crippen LogP contribution in [0.4, 0.5) is 8.78 Å². The molecule has 0 aliphatic carbocycles. The lowest BCUT2D eigenvalue weighted by Crippen LogP contribution is -2.50. The second-order valence-corrected chi connectivity index (χ2v) is 2.96. The highest BCUT2D eigenvalue weighted by Crippen LogP contribution is 2.17. The molecule has 0 aromatic carbocycles. The van der Waals surface area contributed by atoms with Gasteiger partial charge in [-0.2, -0.15) is 0 Å². The van der Waals surface area contributed by atoms with E-state index in [1.807, 2.05) is 0 Å². The molecule has 0 unspecified atom stereocenters. The lowest BCUT2D eigenvalue weighted by Gasteiger charge is -2.10. The van der Waals surface area contributed by atoms with Crippen molar-refractivity contribution < 1.29 is 33.2 Å². The smallest absolute Gasteiger partial charge is 0.345 e. The molecule has 0 amide bonds. The van der Waals surface area contributed by atoms with Crippen molar-refractivity contribution in [3.63, 3.8) is 0 Å². The molecule has 0 saturated carbocycles. The van der Waals surface area contributed by atoms with E-state index in [2.05, 4.69) is 4.74 Å². The SMILES string of the molecule is O=[N+]([O-])C(F)(COCC(F)([N+](=O)[O-])[N+](=O)[O-])[N+](=O)[O-]. The first kappa shape index (κ1) is 16.4. The molecule has 0 rings (SSSR count). The van der Waals surface area contributed by atoms with Gasteiger partial charge in [-0.05, 0) is 0 Å². The van der Waals surface area contributed by atoms with E-state index in [1.54, 1.807) is 0 Å². The zero-order chi connectivity index (χ0) is 15.4. The van der Waals surface area contributed by atoms with Crippen molar-refractivity contribution in [1.29, 1.82) is 0 Å². The maximum absolute atomic E-state index is 13.0. The van der Waals surface area contributed by atoms with Crippen LogP contribution in [-0.4, -0.2) is 44.7 Å².